The second-order valence-electron chi connectivity index (χ2n) is 3.68. The van der Waals surface area contributed by atoms with Crippen LogP contribution in [0.2, 0.25) is 0 Å². The number of hydrogen-bond acceptors (Lipinski definition) is 2. The van der Waals surface area contributed by atoms with Crippen molar-refractivity contribution >= 4 is 0 Å². The second kappa shape index (κ2) is 4.96. The molecule has 0 saturated carbocycles. The summed E-state index contributed by atoms with van der Waals surface area (Å²) >= 11 is 0. The molecule has 0 aliphatic rings. The largest absolute Gasteiger partial charge is 0.306 e. The van der Waals surface area contributed by atoms with Gasteiger partial charge in [-0.1, -0.05) is 19.1 Å². The molecule has 3 heteroatoms. The van der Waals surface area contributed by atoms with Gasteiger partial charge in [0.2, 0.25) is 0 Å². The summed E-state index contributed by atoms with van der Waals surface area (Å²) in [7, 11) is 1.93. The van der Waals surface area contributed by atoms with E-state index in [9.17, 15) is 0 Å². The highest BCUT2D eigenvalue weighted by atomic mass is 15.2. The molecule has 78 valence electrons. The number of rotatable bonds is 5. The van der Waals surface area contributed by atoms with Gasteiger partial charge >= 0.3 is 0 Å². The summed E-state index contributed by atoms with van der Waals surface area (Å²) in [5.41, 5.74) is 2.32. The van der Waals surface area contributed by atoms with E-state index >= 15 is 0 Å². The maximum atomic E-state index is 4.16. The highest BCUT2D eigenvalue weighted by Gasteiger charge is 2.12. The molecular formula is C11H19N3. The molecule has 1 heterocycles. The van der Waals surface area contributed by atoms with Crippen LogP contribution in [0.5, 0.6) is 0 Å². The Morgan fingerprint density at radius 1 is 1.71 bits per heavy atom. The lowest BCUT2D eigenvalue weighted by Gasteiger charge is -2.16. The van der Waals surface area contributed by atoms with Gasteiger partial charge in [-0.2, -0.15) is 5.10 Å². The van der Waals surface area contributed by atoms with E-state index < -0.39 is 0 Å². The van der Waals surface area contributed by atoms with Gasteiger partial charge in [0, 0.05) is 18.8 Å². The van der Waals surface area contributed by atoms with Gasteiger partial charge in [-0.05, 0) is 19.9 Å². The number of nitrogens with one attached hydrogen (secondary N) is 1. The Bertz CT molecular complexity index is 301. The van der Waals surface area contributed by atoms with Crippen LogP contribution >= 0.6 is 0 Å². The molecule has 0 aliphatic heterocycles. The molecule has 0 radical (unpaired) electrons. The van der Waals surface area contributed by atoms with Crippen LogP contribution in [0.1, 0.15) is 31.9 Å². The van der Waals surface area contributed by atoms with E-state index in [1.165, 1.54) is 5.56 Å². The fourth-order valence-corrected chi connectivity index (χ4v) is 1.45. The lowest BCUT2D eigenvalue weighted by atomic mass is 10.0. The zero-order chi connectivity index (χ0) is 10.6. The minimum atomic E-state index is 0.239. The van der Waals surface area contributed by atoms with Gasteiger partial charge in [0.25, 0.3) is 0 Å². The molecule has 1 aromatic heterocycles. The standard InChI is InChI=1S/C11H19N3/c1-5-6-12-11(9(2)3)10-7-13-14(4)8-10/h7-8,11-12H,2,5-6H2,1,3-4H3. The summed E-state index contributed by atoms with van der Waals surface area (Å²) in [5.74, 6) is 0. The molecule has 0 amide bonds. The van der Waals surface area contributed by atoms with Crippen molar-refractivity contribution < 1.29 is 0 Å². The van der Waals surface area contributed by atoms with Crippen LogP contribution in [0.25, 0.3) is 0 Å². The maximum absolute atomic E-state index is 4.16. The Morgan fingerprint density at radius 3 is 2.86 bits per heavy atom. The van der Waals surface area contributed by atoms with Crippen LogP contribution in [0.15, 0.2) is 24.5 Å². The lowest BCUT2D eigenvalue weighted by Crippen LogP contribution is -2.22. The number of hydrogen-bond donors (Lipinski definition) is 1. The SMILES string of the molecule is C=C(C)C(NCCC)c1cnn(C)c1. The molecule has 0 aromatic carbocycles. The highest BCUT2D eigenvalue weighted by molar-refractivity contribution is 5.20. The summed E-state index contributed by atoms with van der Waals surface area (Å²) in [5, 5.41) is 7.61. The van der Waals surface area contributed by atoms with Crippen LogP contribution in [0, 0.1) is 0 Å². The molecule has 1 N–H and O–H groups in total. The van der Waals surface area contributed by atoms with Crippen molar-refractivity contribution in [2.24, 2.45) is 7.05 Å². The van der Waals surface area contributed by atoms with E-state index in [0.717, 1.165) is 18.5 Å². The average Bonchev–Trinajstić information content (AvgIpc) is 2.52. The van der Waals surface area contributed by atoms with Crippen molar-refractivity contribution in [2.75, 3.05) is 6.54 Å². The summed E-state index contributed by atoms with van der Waals surface area (Å²) in [6.07, 6.45) is 5.05. The minimum absolute atomic E-state index is 0.239. The van der Waals surface area contributed by atoms with Crippen LogP contribution in [0.4, 0.5) is 0 Å². The molecule has 0 saturated heterocycles. The number of aryl methyl sites for hydroxylation is 1. The molecule has 14 heavy (non-hydrogen) atoms. The van der Waals surface area contributed by atoms with Crippen molar-refractivity contribution in [2.45, 2.75) is 26.3 Å². The summed E-state index contributed by atoms with van der Waals surface area (Å²) in [4.78, 5) is 0. The monoisotopic (exact) mass is 193 g/mol. The second-order valence-corrected chi connectivity index (χ2v) is 3.68. The fraction of sp³-hybridized carbons (Fsp3) is 0.545. The molecule has 3 nitrogen and oxygen atoms in total. The van der Waals surface area contributed by atoms with Crippen LogP contribution in [0.3, 0.4) is 0 Å². The Morgan fingerprint density at radius 2 is 2.43 bits per heavy atom. The minimum Gasteiger partial charge on any atom is -0.306 e. The third-order valence-electron chi connectivity index (χ3n) is 2.15. The van der Waals surface area contributed by atoms with E-state index in [0.29, 0.717) is 0 Å². The van der Waals surface area contributed by atoms with Gasteiger partial charge in [-0.25, -0.2) is 0 Å². The molecule has 0 aliphatic carbocycles. The molecule has 0 bridgehead atoms. The predicted molar refractivity (Wildman–Crippen MR) is 59.1 cm³/mol. The van der Waals surface area contributed by atoms with Crippen LogP contribution in [-0.2, 0) is 7.05 Å². The van der Waals surface area contributed by atoms with Crippen molar-refractivity contribution in [1.82, 2.24) is 15.1 Å². The molecule has 1 atom stereocenters. The van der Waals surface area contributed by atoms with Crippen molar-refractivity contribution in [3.63, 3.8) is 0 Å². The first-order valence-corrected chi connectivity index (χ1v) is 5.02. The quantitative estimate of drug-likeness (QED) is 0.725. The normalized spacial score (nSPS) is 12.8. The summed E-state index contributed by atoms with van der Waals surface area (Å²) in [6, 6.07) is 0.239. The maximum Gasteiger partial charge on any atom is 0.0561 e. The first kappa shape index (κ1) is 11.0. The smallest absolute Gasteiger partial charge is 0.0561 e. The Hall–Kier alpha value is -1.09. The summed E-state index contributed by atoms with van der Waals surface area (Å²) < 4.78 is 1.82. The van der Waals surface area contributed by atoms with E-state index in [1.54, 1.807) is 0 Å². The molecule has 0 fully saturated rings. The van der Waals surface area contributed by atoms with Crippen molar-refractivity contribution in [1.29, 1.82) is 0 Å². The van der Waals surface area contributed by atoms with Gasteiger partial charge in [0.15, 0.2) is 0 Å². The first-order chi connectivity index (χ1) is 6.65. The third-order valence-corrected chi connectivity index (χ3v) is 2.15. The molecule has 0 spiro atoms. The Labute approximate surface area is 85.8 Å². The molecule has 1 rings (SSSR count). The van der Waals surface area contributed by atoms with Crippen LogP contribution in [-0.4, -0.2) is 16.3 Å². The van der Waals surface area contributed by atoms with Gasteiger partial charge < -0.3 is 5.32 Å². The van der Waals surface area contributed by atoms with E-state index in [2.05, 4.69) is 23.9 Å². The Balaban J connectivity index is 2.72. The molecular weight excluding hydrogens is 174 g/mol. The van der Waals surface area contributed by atoms with E-state index in [4.69, 9.17) is 0 Å². The third kappa shape index (κ3) is 2.70. The van der Waals surface area contributed by atoms with E-state index in [1.807, 2.05) is 31.0 Å². The van der Waals surface area contributed by atoms with Gasteiger partial charge in [0.1, 0.15) is 0 Å². The van der Waals surface area contributed by atoms with Gasteiger partial charge in [0.05, 0.1) is 12.2 Å². The predicted octanol–water partition coefficient (Wildman–Crippen LogP) is 2.04. The number of nitrogens with zero attached hydrogens (tertiary/aromatic N) is 2. The number of aromatic nitrogens is 2. The Kier molecular flexibility index (Phi) is 3.89. The first-order valence-electron chi connectivity index (χ1n) is 5.02. The fourth-order valence-electron chi connectivity index (χ4n) is 1.45. The lowest BCUT2D eigenvalue weighted by molar-refractivity contribution is 0.590. The highest BCUT2D eigenvalue weighted by Crippen LogP contribution is 2.18. The van der Waals surface area contributed by atoms with Crippen LogP contribution < -0.4 is 5.32 Å². The van der Waals surface area contributed by atoms with Gasteiger partial charge in [-0.15, -0.1) is 0 Å². The zero-order valence-corrected chi connectivity index (χ0v) is 9.25. The molecule has 1 unspecified atom stereocenters. The summed E-state index contributed by atoms with van der Waals surface area (Å²) in [6.45, 7) is 9.20. The van der Waals surface area contributed by atoms with E-state index in [-0.39, 0.29) is 6.04 Å². The zero-order valence-electron chi connectivity index (χ0n) is 9.25. The van der Waals surface area contributed by atoms with Crippen molar-refractivity contribution in [3.05, 3.63) is 30.1 Å². The molecule has 1 aromatic rings. The van der Waals surface area contributed by atoms with Crippen molar-refractivity contribution in [3.8, 4) is 0 Å². The van der Waals surface area contributed by atoms with Gasteiger partial charge in [-0.3, -0.25) is 4.68 Å². The topological polar surface area (TPSA) is 29.9 Å². The average molecular weight is 193 g/mol.